The molecule has 8 nitrogen and oxygen atoms in total. The number of hydrogen-bond donors (Lipinski definition) is 3. The standard InChI is InChI=1S/C16H16BrFN4O4S/c1-3-6-19-27(25,26)14-7-10(4-5-12(14)18)15(23)20-21-16(24)13-8-11(17)9-22(13)2/h3-5,7-9,19H,1,6H2,2H3,(H,20,23)(H,21,24). The number of nitrogens with one attached hydrogen (secondary N) is 3. The summed E-state index contributed by atoms with van der Waals surface area (Å²) >= 11 is 3.23. The minimum absolute atomic E-state index is 0.0967. The lowest BCUT2D eigenvalue weighted by Gasteiger charge is -2.10. The number of rotatable bonds is 6. The molecular formula is C16H16BrFN4O4S. The van der Waals surface area contributed by atoms with Crippen molar-refractivity contribution in [3.8, 4) is 0 Å². The lowest BCUT2D eigenvalue weighted by atomic mass is 10.2. The minimum Gasteiger partial charge on any atom is -0.345 e. The van der Waals surface area contributed by atoms with Gasteiger partial charge in [-0.1, -0.05) is 6.08 Å². The molecule has 0 saturated carbocycles. The summed E-state index contributed by atoms with van der Waals surface area (Å²) in [7, 11) is -2.51. The maximum absolute atomic E-state index is 13.9. The topological polar surface area (TPSA) is 109 Å². The molecule has 1 aromatic carbocycles. The van der Waals surface area contributed by atoms with Gasteiger partial charge in [0.1, 0.15) is 16.4 Å². The summed E-state index contributed by atoms with van der Waals surface area (Å²) in [6.45, 7) is 3.27. The van der Waals surface area contributed by atoms with Gasteiger partial charge in [0.25, 0.3) is 11.8 Å². The van der Waals surface area contributed by atoms with E-state index in [0.29, 0.717) is 4.47 Å². The Bertz CT molecular complexity index is 1000. The first-order valence-corrected chi connectivity index (χ1v) is 9.76. The van der Waals surface area contributed by atoms with Crippen LogP contribution in [0.25, 0.3) is 0 Å². The summed E-state index contributed by atoms with van der Waals surface area (Å²) in [4.78, 5) is 23.6. The van der Waals surface area contributed by atoms with Gasteiger partial charge >= 0.3 is 0 Å². The first-order valence-electron chi connectivity index (χ1n) is 7.48. The van der Waals surface area contributed by atoms with Crippen molar-refractivity contribution in [2.75, 3.05) is 6.54 Å². The van der Waals surface area contributed by atoms with Crippen LogP contribution < -0.4 is 15.6 Å². The molecule has 0 atom stereocenters. The second-order valence-electron chi connectivity index (χ2n) is 5.35. The van der Waals surface area contributed by atoms with Crippen molar-refractivity contribution >= 4 is 37.8 Å². The number of carbonyl (C=O) groups is 2. The molecule has 0 unspecified atom stereocenters. The number of aromatic nitrogens is 1. The highest BCUT2D eigenvalue weighted by molar-refractivity contribution is 9.10. The van der Waals surface area contributed by atoms with Crippen molar-refractivity contribution in [1.82, 2.24) is 20.1 Å². The second-order valence-corrected chi connectivity index (χ2v) is 8.00. The molecule has 0 aliphatic rings. The van der Waals surface area contributed by atoms with Crippen molar-refractivity contribution in [1.29, 1.82) is 0 Å². The van der Waals surface area contributed by atoms with Crippen molar-refractivity contribution < 1.29 is 22.4 Å². The Balaban J connectivity index is 2.15. The quantitative estimate of drug-likeness (QED) is 0.449. The number of sulfonamides is 1. The van der Waals surface area contributed by atoms with E-state index in [1.165, 1.54) is 6.08 Å². The van der Waals surface area contributed by atoms with E-state index < -0.39 is 32.6 Å². The average molecular weight is 459 g/mol. The molecule has 0 fully saturated rings. The van der Waals surface area contributed by atoms with Gasteiger partial charge in [0.15, 0.2) is 0 Å². The highest BCUT2D eigenvalue weighted by Gasteiger charge is 2.21. The summed E-state index contributed by atoms with van der Waals surface area (Å²) in [5.74, 6) is -2.41. The summed E-state index contributed by atoms with van der Waals surface area (Å²) in [5.41, 5.74) is 4.49. The fourth-order valence-electron chi connectivity index (χ4n) is 2.10. The SMILES string of the molecule is C=CCNS(=O)(=O)c1cc(C(=O)NNC(=O)c2cc(Br)cn2C)ccc1F. The lowest BCUT2D eigenvalue weighted by Crippen LogP contribution is -2.42. The minimum atomic E-state index is -4.16. The molecule has 0 aliphatic carbocycles. The van der Waals surface area contributed by atoms with Crippen LogP contribution >= 0.6 is 15.9 Å². The smallest absolute Gasteiger partial charge is 0.286 e. The van der Waals surface area contributed by atoms with E-state index in [9.17, 15) is 22.4 Å². The Labute approximate surface area is 163 Å². The Morgan fingerprint density at radius 2 is 1.93 bits per heavy atom. The van der Waals surface area contributed by atoms with Gasteiger partial charge in [-0.15, -0.1) is 6.58 Å². The van der Waals surface area contributed by atoms with Gasteiger partial charge in [-0.05, 0) is 40.2 Å². The van der Waals surface area contributed by atoms with Gasteiger partial charge in [0, 0.05) is 29.8 Å². The fraction of sp³-hybridized carbons (Fsp3) is 0.125. The predicted molar refractivity (Wildman–Crippen MR) is 99.8 cm³/mol. The van der Waals surface area contributed by atoms with E-state index in [1.807, 2.05) is 0 Å². The van der Waals surface area contributed by atoms with Crippen LogP contribution in [-0.2, 0) is 17.1 Å². The predicted octanol–water partition coefficient (Wildman–Crippen LogP) is 1.47. The normalized spacial score (nSPS) is 11.1. The van der Waals surface area contributed by atoms with Crippen LogP contribution in [0.15, 0.2) is 52.5 Å². The van der Waals surface area contributed by atoms with Crippen LogP contribution in [0.5, 0.6) is 0 Å². The Morgan fingerprint density at radius 3 is 2.52 bits per heavy atom. The van der Waals surface area contributed by atoms with E-state index >= 15 is 0 Å². The van der Waals surface area contributed by atoms with Crippen LogP contribution in [0.4, 0.5) is 4.39 Å². The van der Waals surface area contributed by atoms with Crippen LogP contribution in [-0.4, -0.2) is 31.3 Å². The monoisotopic (exact) mass is 458 g/mol. The summed E-state index contributed by atoms with van der Waals surface area (Å²) in [5, 5.41) is 0. The second kappa shape index (κ2) is 8.46. The number of amides is 2. The molecule has 0 bridgehead atoms. The van der Waals surface area contributed by atoms with E-state index in [0.717, 1.165) is 18.2 Å². The molecule has 2 amide bonds. The molecule has 0 saturated heterocycles. The Morgan fingerprint density at radius 1 is 1.26 bits per heavy atom. The number of carbonyl (C=O) groups excluding carboxylic acids is 2. The van der Waals surface area contributed by atoms with Gasteiger partial charge in [-0.25, -0.2) is 17.5 Å². The Kier molecular flexibility index (Phi) is 6.52. The van der Waals surface area contributed by atoms with E-state index in [-0.39, 0.29) is 17.8 Å². The van der Waals surface area contributed by atoms with Crippen molar-refractivity contribution in [3.05, 3.63) is 64.7 Å². The average Bonchev–Trinajstić information content (AvgIpc) is 2.96. The zero-order chi connectivity index (χ0) is 20.2. The van der Waals surface area contributed by atoms with Crippen molar-refractivity contribution in [3.63, 3.8) is 0 Å². The molecule has 0 aliphatic heterocycles. The molecule has 2 rings (SSSR count). The number of hydrazine groups is 1. The van der Waals surface area contributed by atoms with Gasteiger partial charge in [-0.3, -0.25) is 20.4 Å². The molecule has 3 N–H and O–H groups in total. The van der Waals surface area contributed by atoms with Crippen molar-refractivity contribution in [2.45, 2.75) is 4.90 Å². The molecule has 11 heteroatoms. The molecule has 0 spiro atoms. The first-order chi connectivity index (χ1) is 12.7. The third-order valence-electron chi connectivity index (χ3n) is 3.39. The molecule has 1 heterocycles. The highest BCUT2D eigenvalue weighted by atomic mass is 79.9. The fourth-order valence-corrected chi connectivity index (χ4v) is 3.72. The van der Waals surface area contributed by atoms with Crippen molar-refractivity contribution in [2.24, 2.45) is 7.05 Å². The summed E-state index contributed by atoms with van der Waals surface area (Å²) in [6, 6.07) is 4.38. The van der Waals surface area contributed by atoms with E-state index in [4.69, 9.17) is 0 Å². The van der Waals surface area contributed by atoms with Gasteiger partial charge in [0.2, 0.25) is 10.0 Å². The van der Waals surface area contributed by atoms with E-state index in [1.54, 1.807) is 23.9 Å². The van der Waals surface area contributed by atoms with Crippen LogP contribution in [0.2, 0.25) is 0 Å². The zero-order valence-electron chi connectivity index (χ0n) is 14.1. The molecular weight excluding hydrogens is 443 g/mol. The van der Waals surface area contributed by atoms with Crippen LogP contribution in [0.3, 0.4) is 0 Å². The number of benzene rings is 1. The van der Waals surface area contributed by atoms with Crippen LogP contribution in [0.1, 0.15) is 20.8 Å². The molecule has 144 valence electrons. The third kappa shape index (κ3) is 5.02. The number of aryl methyl sites for hydroxylation is 1. The van der Waals surface area contributed by atoms with E-state index in [2.05, 4.69) is 38.1 Å². The molecule has 1 aromatic heterocycles. The zero-order valence-corrected chi connectivity index (χ0v) is 16.5. The number of halogens is 2. The largest absolute Gasteiger partial charge is 0.345 e. The summed E-state index contributed by atoms with van der Waals surface area (Å²) in [6.07, 6.45) is 2.95. The lowest BCUT2D eigenvalue weighted by molar-refractivity contribution is 0.0842. The maximum Gasteiger partial charge on any atom is 0.286 e. The molecule has 2 aromatic rings. The maximum atomic E-state index is 13.9. The molecule has 0 radical (unpaired) electrons. The number of nitrogens with zero attached hydrogens (tertiary/aromatic N) is 1. The number of hydrogen-bond acceptors (Lipinski definition) is 4. The Hall–Kier alpha value is -2.50. The summed E-state index contributed by atoms with van der Waals surface area (Å²) < 4.78 is 42.4. The van der Waals surface area contributed by atoms with Gasteiger partial charge < -0.3 is 4.57 Å². The first kappa shape index (κ1) is 20.8. The third-order valence-corrected chi connectivity index (χ3v) is 5.27. The highest BCUT2D eigenvalue weighted by Crippen LogP contribution is 2.16. The van der Waals surface area contributed by atoms with Gasteiger partial charge in [0.05, 0.1) is 0 Å². The molecule has 27 heavy (non-hydrogen) atoms. The van der Waals surface area contributed by atoms with Crippen LogP contribution in [0, 0.1) is 5.82 Å². The van der Waals surface area contributed by atoms with Gasteiger partial charge in [-0.2, -0.15) is 0 Å².